The van der Waals surface area contributed by atoms with Gasteiger partial charge in [0.1, 0.15) is 5.82 Å². The molecule has 2 aromatic rings. The minimum Gasteiger partial charge on any atom is -0.399 e. The van der Waals surface area contributed by atoms with Gasteiger partial charge in [0.25, 0.3) is 5.56 Å². The van der Waals surface area contributed by atoms with Gasteiger partial charge in [0.15, 0.2) is 0 Å². The van der Waals surface area contributed by atoms with E-state index in [0.29, 0.717) is 5.82 Å². The molecule has 1 aliphatic carbocycles. The van der Waals surface area contributed by atoms with Crippen molar-refractivity contribution in [2.24, 2.45) is 0 Å². The van der Waals surface area contributed by atoms with Crippen LogP contribution in [-0.4, -0.2) is 9.55 Å². The SMILES string of the molecule is CC(C)n1c(=O)cc(N[C@H]2CCCc3ccc(N)cc32)[nH]c1=O. The van der Waals surface area contributed by atoms with Gasteiger partial charge >= 0.3 is 5.69 Å². The Balaban J connectivity index is 1.94. The number of hydrogen-bond acceptors (Lipinski definition) is 4. The van der Waals surface area contributed by atoms with Gasteiger partial charge in [0.2, 0.25) is 0 Å². The highest BCUT2D eigenvalue weighted by Crippen LogP contribution is 2.33. The molecular formula is C17H22N4O2. The van der Waals surface area contributed by atoms with Crippen molar-refractivity contribution in [3.05, 3.63) is 56.2 Å². The van der Waals surface area contributed by atoms with Gasteiger partial charge in [-0.05, 0) is 56.4 Å². The summed E-state index contributed by atoms with van der Waals surface area (Å²) in [6, 6.07) is 7.26. The zero-order chi connectivity index (χ0) is 16.6. The number of fused-ring (bicyclic) bond motifs is 1. The predicted molar refractivity (Wildman–Crippen MR) is 91.9 cm³/mol. The number of rotatable bonds is 3. The molecule has 1 atom stereocenters. The van der Waals surface area contributed by atoms with Gasteiger partial charge in [-0.3, -0.25) is 14.3 Å². The number of nitrogen functional groups attached to an aromatic ring is 1. The number of aromatic amines is 1. The number of H-pyrrole nitrogens is 1. The smallest absolute Gasteiger partial charge is 0.330 e. The second kappa shape index (κ2) is 5.95. The van der Waals surface area contributed by atoms with Crippen LogP contribution in [0.1, 0.15) is 49.9 Å². The second-order valence-electron chi connectivity index (χ2n) is 6.34. The molecule has 0 saturated carbocycles. The molecule has 122 valence electrons. The van der Waals surface area contributed by atoms with Crippen molar-refractivity contribution in [1.29, 1.82) is 0 Å². The molecule has 23 heavy (non-hydrogen) atoms. The number of aromatic nitrogens is 2. The summed E-state index contributed by atoms with van der Waals surface area (Å²) in [6.07, 6.45) is 3.02. The molecular weight excluding hydrogens is 292 g/mol. The molecule has 3 rings (SSSR count). The largest absolute Gasteiger partial charge is 0.399 e. The van der Waals surface area contributed by atoms with Crippen LogP contribution in [0.4, 0.5) is 11.5 Å². The Labute approximate surface area is 134 Å². The van der Waals surface area contributed by atoms with Crippen molar-refractivity contribution in [2.45, 2.75) is 45.2 Å². The summed E-state index contributed by atoms with van der Waals surface area (Å²) in [4.78, 5) is 27.0. The highest BCUT2D eigenvalue weighted by molar-refractivity contribution is 5.49. The monoisotopic (exact) mass is 314 g/mol. The zero-order valence-corrected chi connectivity index (χ0v) is 13.4. The molecule has 0 aliphatic heterocycles. The molecule has 1 aliphatic rings. The lowest BCUT2D eigenvalue weighted by atomic mass is 9.87. The first kappa shape index (κ1) is 15.4. The van der Waals surface area contributed by atoms with Crippen molar-refractivity contribution >= 4 is 11.5 Å². The summed E-state index contributed by atoms with van der Waals surface area (Å²) in [5.74, 6) is 0.456. The van der Waals surface area contributed by atoms with Crippen LogP contribution in [0.15, 0.2) is 33.9 Å². The van der Waals surface area contributed by atoms with Crippen molar-refractivity contribution in [1.82, 2.24) is 9.55 Å². The zero-order valence-electron chi connectivity index (χ0n) is 13.4. The fourth-order valence-corrected chi connectivity index (χ4v) is 3.23. The van der Waals surface area contributed by atoms with Crippen molar-refractivity contribution in [3.63, 3.8) is 0 Å². The van der Waals surface area contributed by atoms with Crippen LogP contribution in [0.5, 0.6) is 0 Å². The lowest BCUT2D eigenvalue weighted by molar-refractivity contribution is 0.544. The van der Waals surface area contributed by atoms with Gasteiger partial charge in [-0.15, -0.1) is 0 Å². The Bertz CT molecular complexity index is 804. The summed E-state index contributed by atoms with van der Waals surface area (Å²) in [6.45, 7) is 3.62. The molecule has 1 aromatic heterocycles. The summed E-state index contributed by atoms with van der Waals surface area (Å²) in [7, 11) is 0. The highest BCUT2D eigenvalue weighted by atomic mass is 16.2. The first-order chi connectivity index (χ1) is 11.0. The Morgan fingerprint density at radius 2 is 2.09 bits per heavy atom. The second-order valence-corrected chi connectivity index (χ2v) is 6.34. The Kier molecular flexibility index (Phi) is 3.98. The van der Waals surface area contributed by atoms with Crippen molar-refractivity contribution in [2.75, 3.05) is 11.1 Å². The summed E-state index contributed by atoms with van der Waals surface area (Å²) in [5.41, 5.74) is 8.34. The lowest BCUT2D eigenvalue weighted by Crippen LogP contribution is -2.36. The average Bonchev–Trinajstić information content (AvgIpc) is 2.46. The number of anilines is 2. The molecule has 0 saturated heterocycles. The molecule has 0 fully saturated rings. The third kappa shape index (κ3) is 3.02. The fourth-order valence-electron chi connectivity index (χ4n) is 3.23. The number of benzene rings is 1. The van der Waals surface area contributed by atoms with Crippen LogP contribution in [0.3, 0.4) is 0 Å². The minimum atomic E-state index is -0.390. The third-order valence-corrected chi connectivity index (χ3v) is 4.30. The molecule has 0 bridgehead atoms. The number of nitrogens with two attached hydrogens (primary N) is 1. The maximum Gasteiger partial charge on any atom is 0.330 e. The molecule has 6 nitrogen and oxygen atoms in total. The van der Waals surface area contributed by atoms with E-state index < -0.39 is 5.69 Å². The van der Waals surface area contributed by atoms with Crippen LogP contribution in [0.25, 0.3) is 0 Å². The standard InChI is InChI=1S/C17H22N4O2/c1-10(2)21-16(22)9-15(20-17(21)23)19-14-5-3-4-11-6-7-12(18)8-13(11)14/h6-10,14,19H,3-5,18H2,1-2H3,(H,20,23)/t14-/m0/s1. The first-order valence-corrected chi connectivity index (χ1v) is 7.96. The van der Waals surface area contributed by atoms with Crippen molar-refractivity contribution in [3.8, 4) is 0 Å². The highest BCUT2D eigenvalue weighted by Gasteiger charge is 2.21. The Hall–Kier alpha value is -2.50. The van der Waals surface area contributed by atoms with Crippen LogP contribution >= 0.6 is 0 Å². The van der Waals surface area contributed by atoms with E-state index in [0.717, 1.165) is 30.5 Å². The Morgan fingerprint density at radius 3 is 2.78 bits per heavy atom. The van der Waals surface area contributed by atoms with E-state index in [1.807, 2.05) is 26.0 Å². The quantitative estimate of drug-likeness (QED) is 0.757. The molecule has 6 heteroatoms. The summed E-state index contributed by atoms with van der Waals surface area (Å²) >= 11 is 0. The number of nitrogens with one attached hydrogen (secondary N) is 2. The van der Waals surface area contributed by atoms with E-state index in [9.17, 15) is 9.59 Å². The molecule has 0 amide bonds. The first-order valence-electron chi connectivity index (χ1n) is 7.96. The number of aryl methyl sites for hydroxylation is 1. The van der Waals surface area contributed by atoms with E-state index in [1.54, 1.807) is 0 Å². The molecule has 0 spiro atoms. The van der Waals surface area contributed by atoms with Gasteiger partial charge < -0.3 is 11.1 Å². The predicted octanol–water partition coefficient (Wildman–Crippen LogP) is 2.19. The van der Waals surface area contributed by atoms with E-state index in [2.05, 4.69) is 16.4 Å². The fraction of sp³-hybridized carbons (Fsp3) is 0.412. The number of hydrogen-bond donors (Lipinski definition) is 3. The van der Waals surface area contributed by atoms with Gasteiger partial charge in [0.05, 0.1) is 6.04 Å². The summed E-state index contributed by atoms with van der Waals surface area (Å²) < 4.78 is 1.21. The maximum atomic E-state index is 12.1. The van der Waals surface area contributed by atoms with Crippen LogP contribution in [0.2, 0.25) is 0 Å². The topological polar surface area (TPSA) is 92.9 Å². The molecule has 1 aromatic carbocycles. The molecule has 4 N–H and O–H groups in total. The molecule has 0 unspecified atom stereocenters. The summed E-state index contributed by atoms with van der Waals surface area (Å²) in [5, 5.41) is 3.29. The van der Waals surface area contributed by atoms with Gasteiger partial charge in [-0.25, -0.2) is 4.79 Å². The van der Waals surface area contributed by atoms with Gasteiger partial charge in [-0.1, -0.05) is 6.07 Å². The van der Waals surface area contributed by atoms with Crippen LogP contribution < -0.4 is 22.3 Å². The van der Waals surface area contributed by atoms with Gasteiger partial charge in [0, 0.05) is 17.8 Å². The maximum absolute atomic E-state index is 12.1. The van der Waals surface area contributed by atoms with E-state index in [4.69, 9.17) is 5.73 Å². The number of nitrogens with zero attached hydrogens (tertiary/aromatic N) is 1. The van der Waals surface area contributed by atoms with Crippen LogP contribution in [-0.2, 0) is 6.42 Å². The van der Waals surface area contributed by atoms with E-state index >= 15 is 0 Å². The molecule has 0 radical (unpaired) electrons. The average molecular weight is 314 g/mol. The lowest BCUT2D eigenvalue weighted by Gasteiger charge is -2.27. The molecule has 1 heterocycles. The Morgan fingerprint density at radius 1 is 1.30 bits per heavy atom. The third-order valence-electron chi connectivity index (χ3n) is 4.30. The van der Waals surface area contributed by atoms with Gasteiger partial charge in [-0.2, -0.15) is 0 Å². The van der Waals surface area contributed by atoms with E-state index in [-0.39, 0.29) is 17.6 Å². The normalized spacial score (nSPS) is 17.1. The van der Waals surface area contributed by atoms with Crippen LogP contribution in [0, 0.1) is 0 Å². The van der Waals surface area contributed by atoms with E-state index in [1.165, 1.54) is 16.2 Å². The van der Waals surface area contributed by atoms with Crippen molar-refractivity contribution < 1.29 is 0 Å². The minimum absolute atomic E-state index is 0.0483.